The molecule has 2 N–H and O–H groups in total. The van der Waals surface area contributed by atoms with E-state index in [-0.39, 0.29) is 0 Å². The molecule has 0 unspecified atom stereocenters. The van der Waals surface area contributed by atoms with E-state index in [1.807, 2.05) is 36.7 Å². The Morgan fingerprint density at radius 1 is 1.35 bits per heavy atom. The fraction of sp³-hybridized carbons (Fsp3) is 0.250. The minimum Gasteiger partial charge on any atom is -0.490 e. The van der Waals surface area contributed by atoms with Gasteiger partial charge in [-0.3, -0.25) is 4.68 Å². The van der Waals surface area contributed by atoms with Crippen molar-refractivity contribution in [3.05, 3.63) is 36.5 Å². The quantitative estimate of drug-likeness (QED) is 0.826. The maximum absolute atomic E-state index is 5.72. The van der Waals surface area contributed by atoms with E-state index in [0.29, 0.717) is 19.0 Å². The van der Waals surface area contributed by atoms with Crippen LogP contribution in [-0.2, 0) is 6.54 Å². The molecule has 17 heavy (non-hydrogen) atoms. The van der Waals surface area contributed by atoms with Crippen molar-refractivity contribution >= 4 is 17.6 Å². The molecule has 0 aliphatic heterocycles. The number of rotatable bonds is 5. The Bertz CT molecular complexity index is 484. The van der Waals surface area contributed by atoms with E-state index in [1.54, 1.807) is 22.5 Å². The lowest BCUT2D eigenvalue weighted by Crippen LogP contribution is -2.09. The first-order chi connectivity index (χ1) is 8.29. The van der Waals surface area contributed by atoms with Gasteiger partial charge in [0.15, 0.2) is 0 Å². The molecule has 2 aromatic rings. The van der Waals surface area contributed by atoms with E-state index < -0.39 is 0 Å². The van der Waals surface area contributed by atoms with Gasteiger partial charge in [-0.1, -0.05) is 12.1 Å². The zero-order valence-electron chi connectivity index (χ0n) is 9.67. The van der Waals surface area contributed by atoms with E-state index >= 15 is 0 Å². The molecule has 0 aliphatic carbocycles. The highest BCUT2D eigenvalue weighted by Crippen LogP contribution is 2.26. The minimum atomic E-state index is 0.537. The highest BCUT2D eigenvalue weighted by molar-refractivity contribution is 7.98. The summed E-state index contributed by atoms with van der Waals surface area (Å²) in [5, 5.41) is 4.09. The fourth-order valence-corrected chi connectivity index (χ4v) is 2.03. The van der Waals surface area contributed by atoms with Crippen LogP contribution in [0.3, 0.4) is 0 Å². The van der Waals surface area contributed by atoms with Gasteiger partial charge < -0.3 is 10.5 Å². The molecule has 1 aromatic carbocycles. The second-order valence-electron chi connectivity index (χ2n) is 3.50. The predicted octanol–water partition coefficient (Wildman–Crippen LogP) is 2.27. The number of nitrogens with two attached hydrogens (primary N) is 1. The van der Waals surface area contributed by atoms with Gasteiger partial charge in [-0.2, -0.15) is 5.10 Å². The fourth-order valence-electron chi connectivity index (χ4n) is 1.49. The second-order valence-corrected chi connectivity index (χ2v) is 4.35. The normalized spacial score (nSPS) is 10.4. The zero-order chi connectivity index (χ0) is 12.1. The molecule has 0 spiro atoms. The molecule has 0 atom stereocenters. The number of ether oxygens (including phenoxy) is 1. The smallest absolute Gasteiger partial charge is 0.145 e. The molecule has 2 rings (SSSR count). The number of aromatic nitrogens is 2. The second kappa shape index (κ2) is 5.63. The van der Waals surface area contributed by atoms with Crippen LogP contribution in [0.15, 0.2) is 41.4 Å². The van der Waals surface area contributed by atoms with E-state index in [4.69, 9.17) is 10.5 Å². The van der Waals surface area contributed by atoms with Gasteiger partial charge in [-0.15, -0.1) is 11.8 Å². The van der Waals surface area contributed by atoms with E-state index in [2.05, 4.69) is 5.10 Å². The third-order valence-corrected chi connectivity index (χ3v) is 3.09. The third kappa shape index (κ3) is 3.17. The van der Waals surface area contributed by atoms with Crippen LogP contribution in [0, 0.1) is 0 Å². The highest BCUT2D eigenvalue weighted by atomic mass is 32.2. The number of hydrogen-bond acceptors (Lipinski definition) is 4. The number of nitrogens with zero attached hydrogens (tertiary/aromatic N) is 2. The van der Waals surface area contributed by atoms with Crippen LogP contribution >= 0.6 is 11.8 Å². The Kier molecular flexibility index (Phi) is 3.93. The summed E-state index contributed by atoms with van der Waals surface area (Å²) >= 11 is 1.68. The molecule has 1 heterocycles. The number of hydrogen-bond donors (Lipinski definition) is 1. The van der Waals surface area contributed by atoms with Crippen molar-refractivity contribution in [2.75, 3.05) is 18.6 Å². The van der Waals surface area contributed by atoms with Gasteiger partial charge in [0.2, 0.25) is 0 Å². The molecule has 4 nitrogen and oxygen atoms in total. The number of benzene rings is 1. The lowest BCUT2D eigenvalue weighted by molar-refractivity contribution is 0.285. The van der Waals surface area contributed by atoms with Gasteiger partial charge in [0, 0.05) is 11.1 Å². The van der Waals surface area contributed by atoms with E-state index in [1.165, 1.54) is 0 Å². The summed E-state index contributed by atoms with van der Waals surface area (Å²) < 4.78 is 7.49. The topological polar surface area (TPSA) is 53.1 Å². The Morgan fingerprint density at radius 3 is 2.88 bits per heavy atom. The monoisotopic (exact) mass is 249 g/mol. The van der Waals surface area contributed by atoms with Crippen LogP contribution < -0.4 is 10.5 Å². The number of nitrogen functional groups attached to an aromatic ring is 1. The number of anilines is 1. The molecular weight excluding hydrogens is 234 g/mol. The Labute approximate surface area is 105 Å². The van der Waals surface area contributed by atoms with Crippen molar-refractivity contribution in [1.82, 2.24) is 9.78 Å². The van der Waals surface area contributed by atoms with E-state index in [9.17, 15) is 0 Å². The molecule has 0 fully saturated rings. The summed E-state index contributed by atoms with van der Waals surface area (Å²) in [7, 11) is 0. The standard InChI is InChI=1S/C12H15N3OS/c1-17-11-5-3-2-4-10(11)16-9-8-15-7-6-12(13)14-15/h2-7H,8-9H2,1H3,(H2,13,14). The summed E-state index contributed by atoms with van der Waals surface area (Å²) in [4.78, 5) is 1.15. The number of para-hydroxylation sites is 1. The molecule has 0 saturated carbocycles. The predicted molar refractivity (Wildman–Crippen MR) is 70.4 cm³/mol. The van der Waals surface area contributed by atoms with Crippen molar-refractivity contribution in [1.29, 1.82) is 0 Å². The largest absolute Gasteiger partial charge is 0.490 e. The Morgan fingerprint density at radius 2 is 2.18 bits per heavy atom. The molecular formula is C12H15N3OS. The maximum atomic E-state index is 5.72. The van der Waals surface area contributed by atoms with Gasteiger partial charge in [-0.25, -0.2) is 0 Å². The summed E-state index contributed by atoms with van der Waals surface area (Å²) in [5.74, 6) is 1.45. The maximum Gasteiger partial charge on any atom is 0.145 e. The summed E-state index contributed by atoms with van der Waals surface area (Å²) in [6, 6.07) is 9.78. The van der Waals surface area contributed by atoms with Crippen LogP contribution in [0.4, 0.5) is 5.82 Å². The third-order valence-electron chi connectivity index (χ3n) is 2.31. The Balaban J connectivity index is 1.89. The molecule has 0 bridgehead atoms. The molecule has 0 amide bonds. The van der Waals surface area contributed by atoms with Crippen LogP contribution in [-0.4, -0.2) is 22.6 Å². The molecule has 1 aromatic heterocycles. The zero-order valence-corrected chi connectivity index (χ0v) is 10.5. The van der Waals surface area contributed by atoms with Crippen molar-refractivity contribution in [3.8, 4) is 5.75 Å². The average Bonchev–Trinajstić information content (AvgIpc) is 2.76. The van der Waals surface area contributed by atoms with E-state index in [0.717, 1.165) is 10.6 Å². The molecule has 0 aliphatic rings. The number of thioether (sulfide) groups is 1. The molecule has 5 heteroatoms. The minimum absolute atomic E-state index is 0.537. The Hall–Kier alpha value is -1.62. The summed E-state index contributed by atoms with van der Waals surface area (Å²) in [6.45, 7) is 1.28. The van der Waals surface area contributed by atoms with Crippen molar-refractivity contribution in [3.63, 3.8) is 0 Å². The molecule has 0 radical (unpaired) electrons. The van der Waals surface area contributed by atoms with Crippen molar-refractivity contribution in [2.45, 2.75) is 11.4 Å². The van der Waals surface area contributed by atoms with Crippen LogP contribution in [0.2, 0.25) is 0 Å². The molecule has 90 valence electrons. The van der Waals surface area contributed by atoms with Gasteiger partial charge in [0.05, 0.1) is 6.54 Å². The van der Waals surface area contributed by atoms with Gasteiger partial charge in [-0.05, 0) is 24.5 Å². The van der Waals surface area contributed by atoms with Crippen LogP contribution in [0.5, 0.6) is 5.75 Å². The van der Waals surface area contributed by atoms with Gasteiger partial charge in [0.1, 0.15) is 18.2 Å². The van der Waals surface area contributed by atoms with Gasteiger partial charge in [0.25, 0.3) is 0 Å². The summed E-state index contributed by atoms with van der Waals surface area (Å²) in [5.41, 5.74) is 5.53. The average molecular weight is 249 g/mol. The highest BCUT2D eigenvalue weighted by Gasteiger charge is 2.01. The first-order valence-electron chi connectivity index (χ1n) is 5.34. The first-order valence-corrected chi connectivity index (χ1v) is 6.57. The van der Waals surface area contributed by atoms with Gasteiger partial charge >= 0.3 is 0 Å². The summed E-state index contributed by atoms with van der Waals surface area (Å²) in [6.07, 6.45) is 3.88. The lowest BCUT2D eigenvalue weighted by Gasteiger charge is -2.09. The first kappa shape index (κ1) is 11.9. The van der Waals surface area contributed by atoms with Crippen molar-refractivity contribution in [2.24, 2.45) is 0 Å². The molecule has 0 saturated heterocycles. The van der Waals surface area contributed by atoms with Crippen LogP contribution in [0.1, 0.15) is 0 Å². The van der Waals surface area contributed by atoms with Crippen LogP contribution in [0.25, 0.3) is 0 Å². The van der Waals surface area contributed by atoms with Crippen molar-refractivity contribution < 1.29 is 4.74 Å². The SMILES string of the molecule is CSc1ccccc1OCCn1ccc(N)n1. The lowest BCUT2D eigenvalue weighted by atomic mass is 10.3.